The molecule has 0 fully saturated rings. The average Bonchev–Trinajstić information content (AvgIpc) is 2.10. The third-order valence-corrected chi connectivity index (χ3v) is 2.78. The molecule has 0 aromatic carbocycles. The first-order chi connectivity index (χ1) is 4.24. The number of carbonyl (C=O) groups excluding carboxylic acids is 1. The lowest BCUT2D eigenvalue weighted by molar-refractivity contribution is 0.112. The summed E-state index contributed by atoms with van der Waals surface area (Å²) in [5, 5.41) is 0.516. The van der Waals surface area contributed by atoms with Crippen LogP contribution < -0.4 is 0 Å². The van der Waals surface area contributed by atoms with E-state index in [0.29, 0.717) is 9.90 Å². The fourth-order valence-electron chi connectivity index (χ4n) is 0.434. The number of thiophene rings is 1. The van der Waals surface area contributed by atoms with Crippen LogP contribution >= 0.6 is 38.9 Å². The van der Waals surface area contributed by atoms with Gasteiger partial charge in [0.15, 0.2) is 6.29 Å². The van der Waals surface area contributed by atoms with Crippen LogP contribution in [0.2, 0.25) is 5.02 Å². The van der Waals surface area contributed by atoms with Crippen molar-refractivity contribution in [3.8, 4) is 0 Å². The molecule has 1 aromatic heterocycles. The summed E-state index contributed by atoms with van der Waals surface area (Å²) in [4.78, 5) is 10.7. The minimum atomic E-state index is 0.516. The molecular formula is C5H2BrClOS. The monoisotopic (exact) mass is 224 g/mol. The second-order valence-electron chi connectivity index (χ2n) is 1.38. The molecule has 1 nitrogen and oxygen atoms in total. The summed E-state index contributed by atoms with van der Waals surface area (Å²) in [5.41, 5.74) is 0. The van der Waals surface area contributed by atoms with Crippen molar-refractivity contribution in [1.29, 1.82) is 0 Å². The van der Waals surface area contributed by atoms with Crippen molar-refractivity contribution < 1.29 is 4.79 Å². The number of rotatable bonds is 1. The maximum atomic E-state index is 10.1. The molecule has 0 aliphatic carbocycles. The first-order valence-corrected chi connectivity index (χ1v) is 4.13. The Kier molecular flexibility index (Phi) is 2.27. The second kappa shape index (κ2) is 2.82. The van der Waals surface area contributed by atoms with E-state index in [4.69, 9.17) is 11.6 Å². The van der Waals surface area contributed by atoms with E-state index in [1.807, 2.05) is 0 Å². The Bertz CT molecular complexity index is 233. The van der Waals surface area contributed by atoms with Gasteiger partial charge in [-0.15, -0.1) is 11.3 Å². The average molecular weight is 225 g/mol. The summed E-state index contributed by atoms with van der Waals surface area (Å²) in [5.74, 6) is 0. The maximum absolute atomic E-state index is 10.1. The second-order valence-corrected chi connectivity index (χ2v) is 4.25. The van der Waals surface area contributed by atoms with Crippen LogP contribution in [0.25, 0.3) is 0 Å². The SMILES string of the molecule is O=Cc1sc(Br)cc1Cl. The molecule has 4 heteroatoms. The molecule has 1 rings (SSSR count). The zero-order valence-electron chi connectivity index (χ0n) is 4.23. The van der Waals surface area contributed by atoms with Gasteiger partial charge in [0.05, 0.1) is 13.7 Å². The lowest BCUT2D eigenvalue weighted by Gasteiger charge is -1.76. The van der Waals surface area contributed by atoms with E-state index >= 15 is 0 Å². The fourth-order valence-corrected chi connectivity index (χ4v) is 2.24. The number of hydrogen-bond acceptors (Lipinski definition) is 2. The van der Waals surface area contributed by atoms with Crippen LogP contribution in [0.1, 0.15) is 9.67 Å². The molecule has 0 N–H and O–H groups in total. The lowest BCUT2D eigenvalue weighted by atomic mass is 10.5. The van der Waals surface area contributed by atoms with Gasteiger partial charge < -0.3 is 0 Å². The Morgan fingerprint density at radius 1 is 1.78 bits per heavy atom. The van der Waals surface area contributed by atoms with E-state index in [-0.39, 0.29) is 0 Å². The van der Waals surface area contributed by atoms with Gasteiger partial charge in [-0.05, 0) is 22.0 Å². The summed E-state index contributed by atoms with van der Waals surface area (Å²) in [6, 6.07) is 1.70. The highest BCUT2D eigenvalue weighted by atomic mass is 79.9. The van der Waals surface area contributed by atoms with Crippen molar-refractivity contribution in [3.05, 3.63) is 19.8 Å². The summed E-state index contributed by atoms with van der Waals surface area (Å²) < 4.78 is 0.884. The van der Waals surface area contributed by atoms with Crippen LogP contribution in [0.15, 0.2) is 9.85 Å². The fraction of sp³-hybridized carbons (Fsp3) is 0. The highest BCUT2D eigenvalue weighted by molar-refractivity contribution is 9.11. The molecule has 0 saturated carbocycles. The van der Waals surface area contributed by atoms with Crippen LogP contribution in [-0.2, 0) is 0 Å². The van der Waals surface area contributed by atoms with Crippen molar-refractivity contribution in [2.75, 3.05) is 0 Å². The van der Waals surface area contributed by atoms with Crippen molar-refractivity contribution >= 4 is 45.2 Å². The quantitative estimate of drug-likeness (QED) is 0.672. The van der Waals surface area contributed by atoms with Crippen LogP contribution in [0.4, 0.5) is 0 Å². The molecule has 0 atom stereocenters. The van der Waals surface area contributed by atoms with E-state index < -0.39 is 0 Å². The minimum absolute atomic E-state index is 0.516. The topological polar surface area (TPSA) is 17.1 Å². The van der Waals surface area contributed by atoms with Gasteiger partial charge in [-0.1, -0.05) is 11.6 Å². The first-order valence-electron chi connectivity index (χ1n) is 2.14. The third kappa shape index (κ3) is 1.53. The van der Waals surface area contributed by atoms with E-state index in [1.165, 1.54) is 11.3 Å². The van der Waals surface area contributed by atoms with Crippen molar-refractivity contribution in [2.45, 2.75) is 0 Å². The third-order valence-electron chi connectivity index (χ3n) is 0.790. The van der Waals surface area contributed by atoms with Gasteiger partial charge >= 0.3 is 0 Å². The van der Waals surface area contributed by atoms with Crippen LogP contribution in [0, 0.1) is 0 Å². The summed E-state index contributed by atoms with van der Waals surface area (Å²) in [6.45, 7) is 0. The summed E-state index contributed by atoms with van der Waals surface area (Å²) >= 11 is 10.1. The molecule has 0 unspecified atom stereocenters. The first kappa shape index (κ1) is 7.25. The standard InChI is InChI=1S/C5H2BrClOS/c6-5-1-3(7)4(2-8)9-5/h1-2H. The molecule has 48 valence electrons. The lowest BCUT2D eigenvalue weighted by Crippen LogP contribution is -1.66. The molecule has 0 saturated heterocycles. The molecule has 0 spiro atoms. The molecule has 9 heavy (non-hydrogen) atoms. The van der Waals surface area contributed by atoms with E-state index in [2.05, 4.69) is 15.9 Å². The number of aldehydes is 1. The van der Waals surface area contributed by atoms with E-state index in [9.17, 15) is 4.79 Å². The van der Waals surface area contributed by atoms with Crippen LogP contribution in [0.3, 0.4) is 0 Å². The molecule has 0 aliphatic heterocycles. The predicted molar refractivity (Wildman–Crippen MR) is 42.4 cm³/mol. The van der Waals surface area contributed by atoms with E-state index in [0.717, 1.165) is 10.1 Å². The molecule has 0 radical (unpaired) electrons. The highest BCUT2D eigenvalue weighted by Gasteiger charge is 2.02. The Morgan fingerprint density at radius 2 is 2.44 bits per heavy atom. The minimum Gasteiger partial charge on any atom is -0.297 e. The smallest absolute Gasteiger partial charge is 0.161 e. The van der Waals surface area contributed by atoms with Gasteiger partial charge in [0.2, 0.25) is 0 Å². The molecule has 1 heterocycles. The molecule has 1 aromatic rings. The number of carbonyl (C=O) groups is 1. The Hall–Kier alpha value is 0.140. The maximum Gasteiger partial charge on any atom is 0.161 e. The van der Waals surface area contributed by atoms with Gasteiger partial charge in [-0.3, -0.25) is 4.79 Å². The van der Waals surface area contributed by atoms with Gasteiger partial charge in [-0.2, -0.15) is 0 Å². The predicted octanol–water partition coefficient (Wildman–Crippen LogP) is 2.98. The van der Waals surface area contributed by atoms with Crippen molar-refractivity contribution in [3.63, 3.8) is 0 Å². The molecule has 0 aliphatic rings. The van der Waals surface area contributed by atoms with Gasteiger partial charge in [0, 0.05) is 0 Å². The molecule has 0 bridgehead atoms. The molecule has 0 amide bonds. The Balaban J connectivity index is 3.15. The normalized spacial score (nSPS) is 9.56. The zero-order valence-corrected chi connectivity index (χ0v) is 7.39. The van der Waals surface area contributed by atoms with Gasteiger partial charge in [0.1, 0.15) is 0 Å². The van der Waals surface area contributed by atoms with E-state index in [1.54, 1.807) is 6.07 Å². The van der Waals surface area contributed by atoms with Crippen molar-refractivity contribution in [2.24, 2.45) is 0 Å². The highest BCUT2D eigenvalue weighted by Crippen LogP contribution is 2.28. The van der Waals surface area contributed by atoms with Crippen LogP contribution in [0.5, 0.6) is 0 Å². The van der Waals surface area contributed by atoms with Crippen LogP contribution in [-0.4, -0.2) is 6.29 Å². The zero-order chi connectivity index (χ0) is 6.85. The summed E-state index contributed by atoms with van der Waals surface area (Å²) in [7, 11) is 0. The number of halogens is 2. The van der Waals surface area contributed by atoms with Gasteiger partial charge in [0.25, 0.3) is 0 Å². The Labute approximate surface area is 69.8 Å². The molecular weight excluding hydrogens is 223 g/mol. The summed E-state index contributed by atoms with van der Waals surface area (Å²) in [6.07, 6.45) is 0.748. The number of hydrogen-bond donors (Lipinski definition) is 0. The largest absolute Gasteiger partial charge is 0.297 e. The van der Waals surface area contributed by atoms with Gasteiger partial charge in [-0.25, -0.2) is 0 Å². The Morgan fingerprint density at radius 3 is 2.67 bits per heavy atom. The van der Waals surface area contributed by atoms with Crippen molar-refractivity contribution in [1.82, 2.24) is 0 Å².